The van der Waals surface area contributed by atoms with Crippen molar-refractivity contribution in [1.29, 1.82) is 0 Å². The fourth-order valence-corrected chi connectivity index (χ4v) is 1.60. The van der Waals surface area contributed by atoms with Crippen LogP contribution < -0.4 is 4.72 Å². The molecule has 0 aliphatic rings. The summed E-state index contributed by atoms with van der Waals surface area (Å²) in [6.45, 7) is 0.373. The van der Waals surface area contributed by atoms with E-state index in [4.69, 9.17) is 0 Å². The van der Waals surface area contributed by atoms with E-state index in [1.54, 1.807) is 6.26 Å². The van der Waals surface area contributed by atoms with Gasteiger partial charge in [0.25, 0.3) is 0 Å². The van der Waals surface area contributed by atoms with Crippen LogP contribution in [-0.2, 0) is 20.8 Å². The lowest BCUT2D eigenvalue weighted by molar-refractivity contribution is 0.587. The molecule has 1 N–H and O–H groups in total. The molecule has 0 aliphatic heterocycles. The van der Waals surface area contributed by atoms with Crippen LogP contribution in [-0.4, -0.2) is 37.4 Å². The second kappa shape index (κ2) is 4.84. The summed E-state index contributed by atoms with van der Waals surface area (Å²) in [5.74, 6) is 0.544. The fraction of sp³-hybridized carbons (Fsp3) is 1.00. The normalized spacial score (nSPS) is 14.7. The average Bonchev–Trinajstić information content (AvgIpc) is 1.78. The lowest BCUT2D eigenvalue weighted by Gasteiger charge is -1.99. The van der Waals surface area contributed by atoms with E-state index in [1.807, 2.05) is 0 Å². The molecule has 0 heterocycles. The zero-order valence-corrected chi connectivity index (χ0v) is 8.30. The van der Waals surface area contributed by atoms with Crippen LogP contribution in [0.4, 0.5) is 0 Å². The van der Waals surface area contributed by atoms with Crippen molar-refractivity contribution in [3.63, 3.8) is 0 Å². The highest BCUT2D eigenvalue weighted by molar-refractivity contribution is 7.88. The second-order valence-electron chi connectivity index (χ2n) is 2.30. The monoisotopic (exact) mass is 199 g/mol. The highest BCUT2D eigenvalue weighted by Gasteiger charge is 1.98. The molecular weight excluding hydrogens is 186 g/mol. The summed E-state index contributed by atoms with van der Waals surface area (Å²) in [4.78, 5) is 0. The van der Waals surface area contributed by atoms with E-state index in [2.05, 4.69) is 4.72 Å². The van der Waals surface area contributed by atoms with E-state index in [0.29, 0.717) is 18.7 Å². The number of sulfonamides is 1. The van der Waals surface area contributed by atoms with Gasteiger partial charge in [0.2, 0.25) is 10.0 Å². The van der Waals surface area contributed by atoms with Crippen molar-refractivity contribution in [2.45, 2.75) is 6.42 Å². The summed E-state index contributed by atoms with van der Waals surface area (Å²) >= 11 is 0. The number of hydrogen-bond donors (Lipinski definition) is 1. The molecule has 0 fully saturated rings. The first-order valence-corrected chi connectivity index (χ1v) is 6.78. The summed E-state index contributed by atoms with van der Waals surface area (Å²) in [7, 11) is -3.90. The van der Waals surface area contributed by atoms with Crippen LogP contribution in [0.1, 0.15) is 6.42 Å². The van der Waals surface area contributed by atoms with Gasteiger partial charge < -0.3 is 0 Å². The molecule has 1 unspecified atom stereocenters. The van der Waals surface area contributed by atoms with Gasteiger partial charge in [-0.25, -0.2) is 13.1 Å². The first-order valence-electron chi connectivity index (χ1n) is 3.16. The van der Waals surface area contributed by atoms with Gasteiger partial charge in [0.1, 0.15) is 0 Å². The van der Waals surface area contributed by atoms with Gasteiger partial charge in [0, 0.05) is 29.4 Å². The molecule has 0 radical (unpaired) electrons. The predicted molar refractivity (Wildman–Crippen MR) is 46.4 cm³/mol. The van der Waals surface area contributed by atoms with Crippen molar-refractivity contribution in [3.8, 4) is 0 Å². The summed E-state index contributed by atoms with van der Waals surface area (Å²) in [6, 6.07) is 0. The molecule has 0 bridgehead atoms. The Labute approximate surface area is 69.9 Å². The van der Waals surface area contributed by atoms with Crippen LogP contribution in [0.3, 0.4) is 0 Å². The van der Waals surface area contributed by atoms with Crippen LogP contribution >= 0.6 is 0 Å². The number of nitrogens with one attached hydrogen (secondary N) is 1. The van der Waals surface area contributed by atoms with Crippen molar-refractivity contribution in [1.82, 2.24) is 4.72 Å². The Morgan fingerprint density at radius 1 is 1.45 bits per heavy atom. The molecule has 0 aromatic rings. The molecular formula is C5H13NO3S2. The van der Waals surface area contributed by atoms with Gasteiger partial charge in [-0.3, -0.25) is 4.21 Å². The van der Waals surface area contributed by atoms with Gasteiger partial charge in [-0.2, -0.15) is 0 Å². The van der Waals surface area contributed by atoms with E-state index in [0.717, 1.165) is 6.26 Å². The standard InChI is InChI=1S/C5H13NO3S2/c1-10(7)5-3-4-6-11(2,8)9/h6H,3-5H2,1-2H3. The molecule has 0 rings (SSSR count). The lowest BCUT2D eigenvalue weighted by atomic mass is 10.5. The molecule has 0 amide bonds. The Morgan fingerprint density at radius 3 is 2.36 bits per heavy atom. The molecule has 6 heteroatoms. The van der Waals surface area contributed by atoms with E-state index in [1.165, 1.54) is 0 Å². The van der Waals surface area contributed by atoms with Crippen molar-refractivity contribution < 1.29 is 12.6 Å². The maximum absolute atomic E-state index is 10.5. The predicted octanol–water partition coefficient (Wildman–Crippen LogP) is -0.696. The minimum Gasteiger partial charge on any atom is -0.260 e. The smallest absolute Gasteiger partial charge is 0.208 e. The zero-order valence-electron chi connectivity index (χ0n) is 6.66. The Morgan fingerprint density at radius 2 is 2.00 bits per heavy atom. The Bertz CT molecular complexity index is 222. The lowest BCUT2D eigenvalue weighted by Crippen LogP contribution is -2.23. The molecule has 0 aliphatic carbocycles. The first kappa shape index (κ1) is 11.1. The van der Waals surface area contributed by atoms with Gasteiger partial charge in [-0.15, -0.1) is 0 Å². The zero-order chi connectivity index (χ0) is 8.91. The van der Waals surface area contributed by atoms with Crippen molar-refractivity contribution in [2.24, 2.45) is 0 Å². The van der Waals surface area contributed by atoms with Crippen molar-refractivity contribution in [3.05, 3.63) is 0 Å². The van der Waals surface area contributed by atoms with Gasteiger partial charge in [-0.05, 0) is 6.42 Å². The molecule has 1 atom stereocenters. The summed E-state index contributed by atoms with van der Waals surface area (Å²) in [5, 5.41) is 0. The minimum absolute atomic E-state index is 0.373. The Hall–Kier alpha value is 0.0600. The molecule has 0 spiro atoms. The van der Waals surface area contributed by atoms with Crippen LogP contribution in [0, 0.1) is 0 Å². The molecule has 0 aromatic heterocycles. The Kier molecular flexibility index (Phi) is 4.87. The highest BCUT2D eigenvalue weighted by atomic mass is 32.2. The molecule has 11 heavy (non-hydrogen) atoms. The maximum atomic E-state index is 10.5. The summed E-state index contributed by atoms with van der Waals surface area (Å²) < 4.78 is 33.8. The van der Waals surface area contributed by atoms with Crippen LogP contribution in [0.25, 0.3) is 0 Å². The van der Waals surface area contributed by atoms with Gasteiger partial charge in [0.15, 0.2) is 0 Å². The Balaban J connectivity index is 3.37. The summed E-state index contributed by atoms with van der Waals surface area (Å²) in [5.41, 5.74) is 0. The van der Waals surface area contributed by atoms with E-state index in [9.17, 15) is 12.6 Å². The van der Waals surface area contributed by atoms with E-state index in [-0.39, 0.29) is 0 Å². The van der Waals surface area contributed by atoms with Gasteiger partial charge >= 0.3 is 0 Å². The third-order valence-electron chi connectivity index (χ3n) is 0.973. The SMILES string of the molecule is CS(=O)CCCNS(C)(=O)=O. The quantitative estimate of drug-likeness (QED) is 0.596. The second-order valence-corrected chi connectivity index (χ2v) is 5.69. The topological polar surface area (TPSA) is 63.2 Å². The number of hydrogen-bond acceptors (Lipinski definition) is 3. The molecule has 4 nitrogen and oxygen atoms in total. The fourth-order valence-electron chi connectivity index (χ4n) is 0.533. The minimum atomic E-state index is -3.07. The van der Waals surface area contributed by atoms with E-state index >= 15 is 0 Å². The molecule has 0 saturated carbocycles. The van der Waals surface area contributed by atoms with E-state index < -0.39 is 20.8 Å². The van der Waals surface area contributed by atoms with Crippen LogP contribution in [0.5, 0.6) is 0 Å². The molecule has 0 aromatic carbocycles. The van der Waals surface area contributed by atoms with Crippen molar-refractivity contribution in [2.75, 3.05) is 24.8 Å². The first-order chi connectivity index (χ1) is 4.92. The van der Waals surface area contributed by atoms with Crippen molar-refractivity contribution >= 4 is 20.8 Å². The van der Waals surface area contributed by atoms with Crippen LogP contribution in [0.2, 0.25) is 0 Å². The largest absolute Gasteiger partial charge is 0.260 e. The van der Waals surface area contributed by atoms with Gasteiger partial charge in [0.05, 0.1) is 6.26 Å². The number of rotatable bonds is 5. The molecule has 68 valence electrons. The van der Waals surface area contributed by atoms with Gasteiger partial charge in [-0.1, -0.05) is 0 Å². The maximum Gasteiger partial charge on any atom is 0.208 e. The average molecular weight is 199 g/mol. The third-order valence-corrected chi connectivity index (χ3v) is 2.56. The summed E-state index contributed by atoms with van der Waals surface area (Å²) in [6.07, 6.45) is 3.33. The molecule has 0 saturated heterocycles. The third kappa shape index (κ3) is 10.1. The van der Waals surface area contributed by atoms with Crippen LogP contribution in [0.15, 0.2) is 0 Å². The highest BCUT2D eigenvalue weighted by Crippen LogP contribution is 1.83.